The van der Waals surface area contributed by atoms with Crippen LogP contribution in [-0.4, -0.2) is 19.4 Å². The molecular formula is C25H24ClF3O2. The van der Waals surface area contributed by atoms with E-state index in [1.807, 2.05) is 55.5 Å². The molecule has 0 amide bonds. The highest BCUT2D eigenvalue weighted by molar-refractivity contribution is 6.24. The van der Waals surface area contributed by atoms with Gasteiger partial charge in [-0.1, -0.05) is 60.7 Å². The topological polar surface area (TPSA) is 18.5 Å². The summed E-state index contributed by atoms with van der Waals surface area (Å²) in [4.78, 5) is -2.65. The monoisotopic (exact) mass is 448 g/mol. The Morgan fingerprint density at radius 3 is 2.16 bits per heavy atom. The zero-order valence-electron chi connectivity index (χ0n) is 17.4. The molecule has 0 aliphatic carbocycles. The molecule has 0 aliphatic rings. The lowest BCUT2D eigenvalue weighted by Gasteiger charge is -2.30. The Kier molecular flexibility index (Phi) is 7.29. The predicted molar refractivity (Wildman–Crippen MR) is 117 cm³/mol. The highest BCUT2D eigenvalue weighted by Crippen LogP contribution is 2.45. The summed E-state index contributed by atoms with van der Waals surface area (Å²) in [5.41, 5.74) is 3.75. The number of halogens is 4. The first-order valence-corrected chi connectivity index (χ1v) is 10.3. The van der Waals surface area contributed by atoms with Gasteiger partial charge in [0.2, 0.25) is 0 Å². The summed E-state index contributed by atoms with van der Waals surface area (Å²) in [6.07, 6.45) is -4.69. The van der Waals surface area contributed by atoms with Crippen molar-refractivity contribution in [2.45, 2.75) is 31.5 Å². The van der Waals surface area contributed by atoms with E-state index in [1.54, 1.807) is 6.92 Å². The van der Waals surface area contributed by atoms with Crippen molar-refractivity contribution in [3.63, 3.8) is 0 Å². The molecule has 0 spiro atoms. The maximum Gasteiger partial charge on any atom is 0.413 e. The van der Waals surface area contributed by atoms with E-state index in [1.165, 1.54) is 24.3 Å². The Bertz CT molecular complexity index is 988. The average molecular weight is 449 g/mol. The molecule has 0 aliphatic heterocycles. The van der Waals surface area contributed by atoms with E-state index in [4.69, 9.17) is 21.1 Å². The van der Waals surface area contributed by atoms with E-state index >= 15 is 0 Å². The van der Waals surface area contributed by atoms with Crippen molar-refractivity contribution in [3.8, 4) is 16.9 Å². The molecule has 164 valence electrons. The minimum Gasteiger partial charge on any atom is -0.494 e. The molecule has 1 atom stereocenters. The second kappa shape index (κ2) is 9.75. The summed E-state index contributed by atoms with van der Waals surface area (Å²) in [6.45, 7) is 3.48. The standard InChI is InChI=1S/C25H24ClF3O2/c1-3-31-22-14-12-21(13-15-22)24(26,25(27,28)29)17-30-16-20-10-7-11-23(18(20)2)19-8-5-4-6-9-19/h4-15H,3,16-17H2,1-2H3. The van der Waals surface area contributed by atoms with Crippen molar-refractivity contribution in [3.05, 3.63) is 89.5 Å². The van der Waals surface area contributed by atoms with Gasteiger partial charge in [-0.2, -0.15) is 13.2 Å². The minimum atomic E-state index is -4.69. The van der Waals surface area contributed by atoms with E-state index in [-0.39, 0.29) is 12.2 Å². The van der Waals surface area contributed by atoms with Crippen LogP contribution in [0.2, 0.25) is 0 Å². The summed E-state index contributed by atoms with van der Waals surface area (Å²) in [6, 6.07) is 21.1. The summed E-state index contributed by atoms with van der Waals surface area (Å²) in [5, 5.41) is 0. The third-order valence-corrected chi connectivity index (χ3v) is 5.70. The first kappa shape index (κ1) is 23.2. The largest absolute Gasteiger partial charge is 0.494 e. The second-order valence-corrected chi connectivity index (χ2v) is 7.85. The fourth-order valence-corrected chi connectivity index (χ4v) is 3.59. The fourth-order valence-electron chi connectivity index (χ4n) is 3.38. The molecular weight excluding hydrogens is 425 g/mol. The number of alkyl halides is 4. The number of hydrogen-bond acceptors (Lipinski definition) is 2. The molecule has 0 saturated heterocycles. The summed E-state index contributed by atoms with van der Waals surface area (Å²) >= 11 is 6.11. The molecule has 0 heterocycles. The van der Waals surface area contributed by atoms with E-state index in [0.29, 0.717) is 12.4 Å². The molecule has 1 unspecified atom stereocenters. The van der Waals surface area contributed by atoms with Gasteiger partial charge >= 0.3 is 6.18 Å². The van der Waals surface area contributed by atoms with Crippen LogP contribution in [0.4, 0.5) is 13.2 Å². The van der Waals surface area contributed by atoms with Crippen LogP contribution in [0.1, 0.15) is 23.6 Å². The highest BCUT2D eigenvalue weighted by atomic mass is 35.5. The van der Waals surface area contributed by atoms with Crippen molar-refractivity contribution in [1.82, 2.24) is 0 Å². The SMILES string of the molecule is CCOc1ccc(C(Cl)(COCc2cccc(-c3ccccc3)c2C)C(F)(F)F)cc1. The molecule has 0 bridgehead atoms. The van der Waals surface area contributed by atoms with Gasteiger partial charge in [0, 0.05) is 0 Å². The molecule has 6 heteroatoms. The lowest BCUT2D eigenvalue weighted by Crippen LogP contribution is -2.41. The molecule has 3 aromatic rings. The first-order valence-electron chi connectivity index (χ1n) is 9.97. The Balaban J connectivity index is 1.78. The van der Waals surface area contributed by atoms with Crippen LogP contribution in [0.15, 0.2) is 72.8 Å². The zero-order valence-corrected chi connectivity index (χ0v) is 18.1. The molecule has 31 heavy (non-hydrogen) atoms. The van der Waals surface area contributed by atoms with Crippen LogP contribution in [0.5, 0.6) is 5.75 Å². The van der Waals surface area contributed by atoms with Crippen LogP contribution >= 0.6 is 11.6 Å². The first-order chi connectivity index (χ1) is 14.8. The molecule has 2 nitrogen and oxygen atoms in total. The summed E-state index contributed by atoms with van der Waals surface area (Å²) < 4.78 is 52.5. The van der Waals surface area contributed by atoms with Crippen molar-refractivity contribution >= 4 is 11.6 Å². The zero-order chi connectivity index (χ0) is 22.5. The van der Waals surface area contributed by atoms with Gasteiger partial charge in [-0.15, -0.1) is 11.6 Å². The second-order valence-electron chi connectivity index (χ2n) is 7.20. The van der Waals surface area contributed by atoms with Crippen LogP contribution in [0.25, 0.3) is 11.1 Å². The van der Waals surface area contributed by atoms with Gasteiger partial charge in [-0.05, 0) is 53.8 Å². The quantitative estimate of drug-likeness (QED) is 0.337. The Labute approximate surface area is 185 Å². The fraction of sp³-hybridized carbons (Fsp3) is 0.280. The van der Waals surface area contributed by atoms with Gasteiger partial charge in [0.1, 0.15) is 5.75 Å². The number of benzene rings is 3. The van der Waals surface area contributed by atoms with Crippen molar-refractivity contribution in [2.24, 2.45) is 0 Å². The molecule has 0 aromatic heterocycles. The molecule has 0 saturated carbocycles. The van der Waals surface area contributed by atoms with Crippen LogP contribution in [0.3, 0.4) is 0 Å². The van der Waals surface area contributed by atoms with E-state index in [9.17, 15) is 13.2 Å². The Morgan fingerprint density at radius 1 is 0.871 bits per heavy atom. The van der Waals surface area contributed by atoms with Crippen molar-refractivity contribution in [2.75, 3.05) is 13.2 Å². The number of hydrogen-bond donors (Lipinski definition) is 0. The minimum absolute atomic E-state index is 0.0219. The maximum absolute atomic E-state index is 13.9. The normalized spacial score (nSPS) is 13.6. The third-order valence-electron chi connectivity index (χ3n) is 5.16. The van der Waals surface area contributed by atoms with Crippen LogP contribution < -0.4 is 4.74 Å². The molecule has 3 aromatic carbocycles. The van der Waals surface area contributed by atoms with Crippen LogP contribution in [0, 0.1) is 6.92 Å². The van der Waals surface area contributed by atoms with Crippen molar-refractivity contribution < 1.29 is 22.6 Å². The lowest BCUT2D eigenvalue weighted by atomic mass is 9.96. The highest BCUT2D eigenvalue weighted by Gasteiger charge is 2.55. The predicted octanol–water partition coefficient (Wildman–Crippen LogP) is 7.27. The van der Waals surface area contributed by atoms with E-state index in [2.05, 4.69) is 0 Å². The number of rotatable bonds is 8. The Hall–Kier alpha value is -2.50. The van der Waals surface area contributed by atoms with Gasteiger partial charge in [-0.25, -0.2) is 0 Å². The lowest BCUT2D eigenvalue weighted by molar-refractivity contribution is -0.179. The van der Waals surface area contributed by atoms with E-state index in [0.717, 1.165) is 22.3 Å². The van der Waals surface area contributed by atoms with Crippen molar-refractivity contribution in [1.29, 1.82) is 0 Å². The van der Waals surface area contributed by atoms with Gasteiger partial charge in [0.15, 0.2) is 4.87 Å². The smallest absolute Gasteiger partial charge is 0.413 e. The van der Waals surface area contributed by atoms with E-state index < -0.39 is 17.7 Å². The van der Waals surface area contributed by atoms with Gasteiger partial charge in [-0.3, -0.25) is 0 Å². The molecule has 0 radical (unpaired) electrons. The molecule has 0 fully saturated rings. The van der Waals surface area contributed by atoms with Gasteiger partial charge in [0.05, 0.1) is 19.8 Å². The van der Waals surface area contributed by atoms with Gasteiger partial charge < -0.3 is 9.47 Å². The maximum atomic E-state index is 13.9. The summed E-state index contributed by atoms with van der Waals surface area (Å²) in [7, 11) is 0. The average Bonchev–Trinajstić information content (AvgIpc) is 2.75. The number of ether oxygens (including phenoxy) is 2. The summed E-state index contributed by atoms with van der Waals surface area (Å²) in [5.74, 6) is 0.488. The molecule has 3 rings (SSSR count). The third kappa shape index (κ3) is 5.23. The van der Waals surface area contributed by atoms with Crippen LogP contribution in [-0.2, 0) is 16.2 Å². The Morgan fingerprint density at radius 2 is 1.55 bits per heavy atom. The molecule has 0 N–H and O–H groups in total. The van der Waals surface area contributed by atoms with Gasteiger partial charge in [0.25, 0.3) is 0 Å².